The summed E-state index contributed by atoms with van der Waals surface area (Å²) in [6, 6.07) is 12.4. The third-order valence-electron chi connectivity index (χ3n) is 4.38. The van der Waals surface area contributed by atoms with Gasteiger partial charge >= 0.3 is 0 Å². The van der Waals surface area contributed by atoms with Gasteiger partial charge in [-0.25, -0.2) is 0 Å². The highest BCUT2D eigenvalue weighted by atomic mass is 16.2. The van der Waals surface area contributed by atoms with Crippen molar-refractivity contribution in [3.05, 3.63) is 59.2 Å². The Morgan fingerprint density at radius 3 is 1.96 bits per heavy atom. The van der Waals surface area contributed by atoms with Crippen LogP contribution in [0.25, 0.3) is 0 Å². The Hall–Kier alpha value is -2.95. The molecule has 0 unspecified atom stereocenters. The number of hydrogen-bond acceptors (Lipinski definition) is 3. The second kappa shape index (κ2) is 7.52. The smallest absolute Gasteiger partial charge is 0.239 e. The van der Waals surface area contributed by atoms with Gasteiger partial charge in [0, 0.05) is 16.9 Å². The first-order chi connectivity index (χ1) is 12.1. The van der Waals surface area contributed by atoms with E-state index in [4.69, 9.17) is 0 Å². The molecular weight excluding hydrogens is 328 g/mol. The van der Waals surface area contributed by atoms with Gasteiger partial charge in [-0.15, -0.1) is 0 Å². The van der Waals surface area contributed by atoms with E-state index < -0.39 is 17.2 Å². The van der Waals surface area contributed by atoms with E-state index in [1.165, 1.54) is 6.92 Å². The molecule has 0 atom stereocenters. The van der Waals surface area contributed by atoms with Gasteiger partial charge in [0.2, 0.25) is 11.8 Å². The molecular formula is C21H24N2O3. The fraction of sp³-hybridized carbons (Fsp3) is 0.286. The number of ketones is 1. The van der Waals surface area contributed by atoms with Gasteiger partial charge in [0.25, 0.3) is 0 Å². The summed E-state index contributed by atoms with van der Waals surface area (Å²) in [5.41, 5.74) is 2.28. The molecule has 5 nitrogen and oxygen atoms in total. The normalized spacial score (nSPS) is 11.0. The van der Waals surface area contributed by atoms with Gasteiger partial charge in [-0.2, -0.15) is 0 Å². The van der Waals surface area contributed by atoms with E-state index in [0.717, 1.165) is 16.8 Å². The average Bonchev–Trinajstić information content (AvgIpc) is 2.58. The molecule has 26 heavy (non-hydrogen) atoms. The molecule has 0 aliphatic rings. The number of Topliss-reactive ketones (excluding diaryl/α,β-unsaturated/α-hetero) is 1. The topological polar surface area (TPSA) is 75.3 Å². The van der Waals surface area contributed by atoms with E-state index in [0.29, 0.717) is 11.3 Å². The Morgan fingerprint density at radius 2 is 1.38 bits per heavy atom. The molecule has 2 amide bonds. The molecule has 2 rings (SSSR count). The molecule has 0 aromatic heterocycles. The quantitative estimate of drug-likeness (QED) is 0.628. The lowest BCUT2D eigenvalue weighted by molar-refractivity contribution is -0.135. The number of para-hydroxylation sites is 1. The van der Waals surface area contributed by atoms with E-state index in [1.54, 1.807) is 38.1 Å². The predicted molar refractivity (Wildman–Crippen MR) is 103 cm³/mol. The van der Waals surface area contributed by atoms with Crippen molar-refractivity contribution < 1.29 is 14.4 Å². The summed E-state index contributed by atoms with van der Waals surface area (Å²) in [6.45, 7) is 8.41. The van der Waals surface area contributed by atoms with Gasteiger partial charge in [-0.05, 0) is 57.9 Å². The number of carbonyl (C=O) groups is 3. The molecule has 2 N–H and O–H groups in total. The maximum Gasteiger partial charge on any atom is 0.239 e. The minimum Gasteiger partial charge on any atom is -0.325 e. The summed E-state index contributed by atoms with van der Waals surface area (Å²) in [6.07, 6.45) is 0. The predicted octanol–water partition coefficient (Wildman–Crippen LogP) is 4.11. The summed E-state index contributed by atoms with van der Waals surface area (Å²) in [5, 5.41) is 5.58. The van der Waals surface area contributed by atoms with Crippen LogP contribution < -0.4 is 10.6 Å². The Morgan fingerprint density at radius 1 is 0.846 bits per heavy atom. The van der Waals surface area contributed by atoms with Crippen molar-refractivity contribution in [2.75, 3.05) is 10.6 Å². The monoisotopic (exact) mass is 352 g/mol. The molecule has 0 heterocycles. The number of aryl methyl sites for hydroxylation is 2. The zero-order chi connectivity index (χ0) is 19.5. The molecule has 0 aliphatic carbocycles. The highest BCUT2D eigenvalue weighted by molar-refractivity contribution is 6.14. The standard InChI is InChI=1S/C21H24N2O3/c1-13-8-6-9-14(2)18(13)23-20(26)21(4,5)19(25)22-17-11-7-10-16(12-17)15(3)24/h6-12H,1-5H3,(H,22,25)(H,23,26). The molecule has 0 saturated carbocycles. The third kappa shape index (κ3) is 4.17. The summed E-state index contributed by atoms with van der Waals surface area (Å²) < 4.78 is 0. The first-order valence-corrected chi connectivity index (χ1v) is 8.43. The Balaban J connectivity index is 2.18. The minimum atomic E-state index is -1.29. The maximum atomic E-state index is 12.7. The first-order valence-electron chi connectivity index (χ1n) is 8.43. The van der Waals surface area contributed by atoms with Crippen molar-refractivity contribution >= 4 is 29.0 Å². The van der Waals surface area contributed by atoms with Gasteiger partial charge in [0.05, 0.1) is 0 Å². The van der Waals surface area contributed by atoms with Gasteiger partial charge in [0.15, 0.2) is 5.78 Å². The van der Waals surface area contributed by atoms with E-state index in [2.05, 4.69) is 10.6 Å². The van der Waals surface area contributed by atoms with Crippen LogP contribution in [0.15, 0.2) is 42.5 Å². The number of nitrogens with one attached hydrogen (secondary N) is 2. The summed E-state index contributed by atoms with van der Waals surface area (Å²) in [4.78, 5) is 36.9. The van der Waals surface area contributed by atoms with Crippen LogP contribution in [0.4, 0.5) is 11.4 Å². The molecule has 0 spiro atoms. The first kappa shape index (κ1) is 19.4. The van der Waals surface area contributed by atoms with Crippen LogP contribution in [0.5, 0.6) is 0 Å². The van der Waals surface area contributed by atoms with Gasteiger partial charge < -0.3 is 10.6 Å². The van der Waals surface area contributed by atoms with Crippen LogP contribution in [0.3, 0.4) is 0 Å². The van der Waals surface area contributed by atoms with Crippen LogP contribution in [-0.2, 0) is 9.59 Å². The van der Waals surface area contributed by atoms with Crippen LogP contribution in [-0.4, -0.2) is 17.6 Å². The van der Waals surface area contributed by atoms with E-state index >= 15 is 0 Å². The molecule has 2 aromatic rings. The van der Waals surface area contributed by atoms with Crippen LogP contribution >= 0.6 is 0 Å². The zero-order valence-electron chi connectivity index (χ0n) is 15.8. The van der Waals surface area contributed by atoms with Crippen LogP contribution in [0.1, 0.15) is 42.3 Å². The molecule has 136 valence electrons. The SMILES string of the molecule is CC(=O)c1cccc(NC(=O)C(C)(C)C(=O)Nc2c(C)cccc2C)c1. The molecule has 0 radical (unpaired) electrons. The van der Waals surface area contributed by atoms with Gasteiger partial charge in [-0.1, -0.05) is 30.3 Å². The summed E-state index contributed by atoms with van der Waals surface area (Å²) in [5.74, 6) is -0.926. The van der Waals surface area contributed by atoms with Crippen molar-refractivity contribution in [1.29, 1.82) is 0 Å². The number of hydrogen-bond donors (Lipinski definition) is 2. The Bertz CT molecular complexity index is 849. The zero-order valence-corrected chi connectivity index (χ0v) is 15.8. The number of carbonyl (C=O) groups excluding carboxylic acids is 3. The minimum absolute atomic E-state index is 0.0897. The maximum absolute atomic E-state index is 12.7. The number of benzene rings is 2. The average molecular weight is 352 g/mol. The summed E-state index contributed by atoms with van der Waals surface area (Å²) >= 11 is 0. The molecule has 0 aliphatic heterocycles. The van der Waals surface area contributed by atoms with Crippen molar-refractivity contribution in [3.63, 3.8) is 0 Å². The van der Waals surface area contributed by atoms with Gasteiger partial charge in [0.1, 0.15) is 5.41 Å². The van der Waals surface area contributed by atoms with Gasteiger partial charge in [-0.3, -0.25) is 14.4 Å². The van der Waals surface area contributed by atoms with Crippen molar-refractivity contribution in [2.45, 2.75) is 34.6 Å². The van der Waals surface area contributed by atoms with E-state index in [1.807, 2.05) is 32.0 Å². The molecule has 0 fully saturated rings. The molecule has 2 aromatic carbocycles. The fourth-order valence-corrected chi connectivity index (χ4v) is 2.49. The van der Waals surface area contributed by atoms with E-state index in [9.17, 15) is 14.4 Å². The largest absolute Gasteiger partial charge is 0.325 e. The number of rotatable bonds is 5. The van der Waals surface area contributed by atoms with Crippen LogP contribution in [0.2, 0.25) is 0 Å². The van der Waals surface area contributed by atoms with Crippen molar-refractivity contribution in [2.24, 2.45) is 5.41 Å². The number of anilines is 2. The second-order valence-electron chi connectivity index (χ2n) is 6.94. The highest BCUT2D eigenvalue weighted by Gasteiger charge is 2.36. The fourth-order valence-electron chi connectivity index (χ4n) is 2.49. The third-order valence-corrected chi connectivity index (χ3v) is 4.38. The lowest BCUT2D eigenvalue weighted by Crippen LogP contribution is -2.41. The molecule has 5 heteroatoms. The van der Waals surface area contributed by atoms with Crippen LogP contribution in [0, 0.1) is 19.3 Å². The van der Waals surface area contributed by atoms with Crippen molar-refractivity contribution in [1.82, 2.24) is 0 Å². The van der Waals surface area contributed by atoms with E-state index in [-0.39, 0.29) is 5.78 Å². The highest BCUT2D eigenvalue weighted by Crippen LogP contribution is 2.25. The lowest BCUT2D eigenvalue weighted by Gasteiger charge is -2.24. The van der Waals surface area contributed by atoms with Crippen molar-refractivity contribution in [3.8, 4) is 0 Å². The summed E-state index contributed by atoms with van der Waals surface area (Å²) in [7, 11) is 0. The molecule has 0 saturated heterocycles. The Labute approximate surface area is 153 Å². The second-order valence-corrected chi connectivity index (χ2v) is 6.94. The molecule has 0 bridgehead atoms. The Kier molecular flexibility index (Phi) is 5.60. The lowest BCUT2D eigenvalue weighted by atomic mass is 9.90. The number of amides is 2.